The van der Waals surface area contributed by atoms with Crippen LogP contribution in [0.15, 0.2) is 18.2 Å². The quantitative estimate of drug-likeness (QED) is 0.889. The van der Waals surface area contributed by atoms with E-state index in [1.54, 1.807) is 32.4 Å². The summed E-state index contributed by atoms with van der Waals surface area (Å²) in [6.45, 7) is 4.31. The standard InChI is InChI=1S/C14H20N2O3/c1-10-9-16(7-6-15-10)14(17)12-8-11(18-2)4-5-13(12)19-3/h4-5,8,10,15H,6-7,9H2,1-3H3/t10-/m1/s1. The molecule has 1 atom stereocenters. The molecule has 0 bridgehead atoms. The van der Waals surface area contributed by atoms with Crippen molar-refractivity contribution in [1.82, 2.24) is 10.2 Å². The first kappa shape index (κ1) is 13.7. The minimum absolute atomic E-state index is 0.0101. The summed E-state index contributed by atoms with van der Waals surface area (Å²) in [6.07, 6.45) is 0. The molecule has 0 aromatic heterocycles. The molecule has 104 valence electrons. The zero-order valence-electron chi connectivity index (χ0n) is 11.6. The molecule has 1 amide bonds. The normalized spacial score (nSPS) is 19.1. The van der Waals surface area contributed by atoms with Gasteiger partial charge in [0, 0.05) is 25.7 Å². The fraction of sp³-hybridized carbons (Fsp3) is 0.500. The van der Waals surface area contributed by atoms with E-state index in [9.17, 15) is 4.79 Å². The monoisotopic (exact) mass is 264 g/mol. The van der Waals surface area contributed by atoms with Crippen LogP contribution in [0, 0.1) is 0 Å². The van der Waals surface area contributed by atoms with Crippen molar-refractivity contribution in [2.45, 2.75) is 13.0 Å². The summed E-state index contributed by atoms with van der Waals surface area (Å²) in [5.74, 6) is 1.23. The Morgan fingerprint density at radius 3 is 2.79 bits per heavy atom. The third-order valence-electron chi connectivity index (χ3n) is 3.29. The van der Waals surface area contributed by atoms with Crippen molar-refractivity contribution >= 4 is 5.91 Å². The highest BCUT2D eigenvalue weighted by Gasteiger charge is 2.24. The van der Waals surface area contributed by atoms with Gasteiger partial charge in [0.25, 0.3) is 5.91 Å². The highest BCUT2D eigenvalue weighted by atomic mass is 16.5. The summed E-state index contributed by atoms with van der Waals surface area (Å²) in [6, 6.07) is 5.59. The number of nitrogens with zero attached hydrogens (tertiary/aromatic N) is 1. The van der Waals surface area contributed by atoms with Crippen LogP contribution in [0.1, 0.15) is 17.3 Å². The van der Waals surface area contributed by atoms with Crippen LogP contribution in [0.25, 0.3) is 0 Å². The van der Waals surface area contributed by atoms with Gasteiger partial charge >= 0.3 is 0 Å². The zero-order valence-corrected chi connectivity index (χ0v) is 11.6. The van der Waals surface area contributed by atoms with Crippen molar-refractivity contribution in [3.05, 3.63) is 23.8 Å². The van der Waals surface area contributed by atoms with E-state index in [-0.39, 0.29) is 5.91 Å². The van der Waals surface area contributed by atoms with Gasteiger partial charge in [0.1, 0.15) is 11.5 Å². The molecule has 2 rings (SSSR count). The van der Waals surface area contributed by atoms with Gasteiger partial charge < -0.3 is 19.7 Å². The second-order valence-electron chi connectivity index (χ2n) is 4.67. The number of ether oxygens (including phenoxy) is 2. The Bertz CT molecular complexity index is 462. The molecular weight excluding hydrogens is 244 g/mol. The van der Waals surface area contributed by atoms with E-state index in [1.807, 2.05) is 4.90 Å². The smallest absolute Gasteiger partial charge is 0.257 e. The van der Waals surface area contributed by atoms with Gasteiger partial charge in [-0.25, -0.2) is 0 Å². The van der Waals surface area contributed by atoms with Crippen LogP contribution < -0.4 is 14.8 Å². The lowest BCUT2D eigenvalue weighted by molar-refractivity contribution is 0.0705. The lowest BCUT2D eigenvalue weighted by Gasteiger charge is -2.32. The van der Waals surface area contributed by atoms with Crippen LogP contribution >= 0.6 is 0 Å². The van der Waals surface area contributed by atoms with E-state index in [4.69, 9.17) is 9.47 Å². The average Bonchev–Trinajstić information content (AvgIpc) is 2.45. The van der Waals surface area contributed by atoms with Gasteiger partial charge in [-0.1, -0.05) is 0 Å². The molecule has 1 fully saturated rings. The minimum atomic E-state index is -0.0101. The molecule has 1 aromatic carbocycles. The molecule has 1 heterocycles. The van der Waals surface area contributed by atoms with Gasteiger partial charge in [-0.05, 0) is 25.1 Å². The van der Waals surface area contributed by atoms with E-state index < -0.39 is 0 Å². The van der Waals surface area contributed by atoms with Gasteiger partial charge in [-0.15, -0.1) is 0 Å². The average molecular weight is 264 g/mol. The van der Waals surface area contributed by atoms with Crippen molar-refractivity contribution in [2.24, 2.45) is 0 Å². The molecule has 19 heavy (non-hydrogen) atoms. The van der Waals surface area contributed by atoms with Gasteiger partial charge in [-0.3, -0.25) is 4.79 Å². The van der Waals surface area contributed by atoms with Crippen LogP contribution in [0.2, 0.25) is 0 Å². The number of carbonyl (C=O) groups excluding carboxylic acids is 1. The lowest BCUT2D eigenvalue weighted by atomic mass is 10.1. The Labute approximate surface area is 113 Å². The third kappa shape index (κ3) is 2.98. The predicted molar refractivity (Wildman–Crippen MR) is 72.9 cm³/mol. The molecule has 1 saturated heterocycles. The predicted octanol–water partition coefficient (Wildman–Crippen LogP) is 1.14. The van der Waals surface area contributed by atoms with Crippen molar-refractivity contribution in [3.8, 4) is 11.5 Å². The van der Waals surface area contributed by atoms with Crippen molar-refractivity contribution in [1.29, 1.82) is 0 Å². The second kappa shape index (κ2) is 5.93. The zero-order chi connectivity index (χ0) is 13.8. The largest absolute Gasteiger partial charge is 0.497 e. The second-order valence-corrected chi connectivity index (χ2v) is 4.67. The van der Waals surface area contributed by atoms with Crippen molar-refractivity contribution < 1.29 is 14.3 Å². The maximum Gasteiger partial charge on any atom is 0.257 e. The maximum atomic E-state index is 12.6. The van der Waals surface area contributed by atoms with E-state index in [2.05, 4.69) is 12.2 Å². The maximum absolute atomic E-state index is 12.6. The molecule has 1 N–H and O–H groups in total. The summed E-state index contributed by atoms with van der Waals surface area (Å²) in [5, 5.41) is 3.32. The molecule has 0 saturated carbocycles. The molecule has 1 aromatic rings. The number of nitrogens with one attached hydrogen (secondary N) is 1. The van der Waals surface area contributed by atoms with Crippen LogP contribution in [-0.2, 0) is 0 Å². The van der Waals surface area contributed by atoms with Crippen LogP contribution in [0.3, 0.4) is 0 Å². The number of amides is 1. The summed E-state index contributed by atoms with van der Waals surface area (Å²) in [5.41, 5.74) is 0.552. The molecule has 5 heteroatoms. The molecule has 0 unspecified atom stereocenters. The molecule has 0 spiro atoms. The Morgan fingerprint density at radius 2 is 2.16 bits per heavy atom. The number of methoxy groups -OCH3 is 2. The lowest BCUT2D eigenvalue weighted by Crippen LogP contribution is -2.51. The highest BCUT2D eigenvalue weighted by Crippen LogP contribution is 2.25. The van der Waals surface area contributed by atoms with Crippen molar-refractivity contribution in [2.75, 3.05) is 33.9 Å². The molecular formula is C14H20N2O3. The number of hydrogen-bond acceptors (Lipinski definition) is 4. The first-order valence-electron chi connectivity index (χ1n) is 6.40. The topological polar surface area (TPSA) is 50.8 Å². The van der Waals surface area contributed by atoms with Crippen LogP contribution in [0.5, 0.6) is 11.5 Å². The Morgan fingerprint density at radius 1 is 1.37 bits per heavy atom. The summed E-state index contributed by atoms with van der Waals surface area (Å²) < 4.78 is 10.4. The van der Waals surface area contributed by atoms with Gasteiger partial charge in [0.15, 0.2) is 0 Å². The van der Waals surface area contributed by atoms with E-state index in [0.29, 0.717) is 36.2 Å². The van der Waals surface area contributed by atoms with Gasteiger partial charge in [0.05, 0.1) is 19.8 Å². The first-order valence-corrected chi connectivity index (χ1v) is 6.40. The SMILES string of the molecule is COc1ccc(OC)c(C(=O)N2CCN[C@H](C)C2)c1. The summed E-state index contributed by atoms with van der Waals surface area (Å²) in [7, 11) is 3.15. The number of rotatable bonds is 3. The van der Waals surface area contributed by atoms with Gasteiger partial charge in [0.2, 0.25) is 0 Å². The summed E-state index contributed by atoms with van der Waals surface area (Å²) in [4.78, 5) is 14.4. The Kier molecular flexibility index (Phi) is 4.27. The van der Waals surface area contributed by atoms with Crippen molar-refractivity contribution in [3.63, 3.8) is 0 Å². The molecule has 5 nitrogen and oxygen atoms in total. The highest BCUT2D eigenvalue weighted by molar-refractivity contribution is 5.97. The molecule has 0 aliphatic carbocycles. The van der Waals surface area contributed by atoms with Crippen LogP contribution in [0.4, 0.5) is 0 Å². The van der Waals surface area contributed by atoms with E-state index in [0.717, 1.165) is 6.54 Å². The minimum Gasteiger partial charge on any atom is -0.497 e. The molecule has 1 aliphatic rings. The Balaban J connectivity index is 2.26. The number of piperazine rings is 1. The Hall–Kier alpha value is -1.75. The fourth-order valence-electron chi connectivity index (χ4n) is 2.27. The number of hydrogen-bond donors (Lipinski definition) is 1. The van der Waals surface area contributed by atoms with Crippen LogP contribution in [-0.4, -0.2) is 50.7 Å². The first-order chi connectivity index (χ1) is 9.15. The molecule has 0 radical (unpaired) electrons. The summed E-state index contributed by atoms with van der Waals surface area (Å²) >= 11 is 0. The third-order valence-corrected chi connectivity index (χ3v) is 3.29. The number of carbonyl (C=O) groups is 1. The van der Waals surface area contributed by atoms with Gasteiger partial charge in [-0.2, -0.15) is 0 Å². The number of benzene rings is 1. The van der Waals surface area contributed by atoms with E-state index in [1.165, 1.54) is 0 Å². The molecule has 1 aliphatic heterocycles. The van der Waals surface area contributed by atoms with E-state index >= 15 is 0 Å². The fourth-order valence-corrected chi connectivity index (χ4v) is 2.27.